The minimum atomic E-state index is -0.357. The molecule has 0 unspecified atom stereocenters. The first kappa shape index (κ1) is 17.2. The van der Waals surface area contributed by atoms with Gasteiger partial charge >= 0.3 is 5.97 Å². The number of carbonyl (C=O) groups excluding carboxylic acids is 3. The molecule has 0 aromatic carbocycles. The van der Waals surface area contributed by atoms with Crippen molar-refractivity contribution in [2.75, 3.05) is 25.5 Å². The molecule has 2 aromatic rings. The van der Waals surface area contributed by atoms with Crippen molar-refractivity contribution in [2.45, 2.75) is 12.8 Å². The number of methoxy groups -OCH3 is 1. The SMILES string of the molecule is COC(=O)C1CCN(C(=O)c2ccc(NC(=O)c3ccco3)s2)CC1. The standard InChI is InChI=1S/C17H18N2O5S/c1-23-17(22)11-6-8-19(9-7-11)16(21)13-4-5-14(25-13)18-15(20)12-3-2-10-24-12/h2-5,10-11H,6-9H2,1H3,(H,18,20). The van der Waals surface area contributed by atoms with E-state index in [-0.39, 0.29) is 29.5 Å². The lowest BCUT2D eigenvalue weighted by atomic mass is 9.97. The lowest BCUT2D eigenvalue weighted by Crippen LogP contribution is -2.40. The van der Waals surface area contributed by atoms with Crippen LogP contribution in [0.2, 0.25) is 0 Å². The average Bonchev–Trinajstić information content (AvgIpc) is 3.32. The highest BCUT2D eigenvalue weighted by Gasteiger charge is 2.29. The van der Waals surface area contributed by atoms with Crippen LogP contribution < -0.4 is 5.32 Å². The molecule has 3 rings (SSSR count). The molecule has 1 saturated heterocycles. The minimum Gasteiger partial charge on any atom is -0.469 e. The number of esters is 1. The highest BCUT2D eigenvalue weighted by atomic mass is 32.1. The average molecular weight is 362 g/mol. The number of nitrogens with one attached hydrogen (secondary N) is 1. The van der Waals surface area contributed by atoms with Gasteiger partial charge in [0.25, 0.3) is 11.8 Å². The Labute approximate surface area is 148 Å². The molecule has 0 saturated carbocycles. The molecule has 25 heavy (non-hydrogen) atoms. The van der Waals surface area contributed by atoms with Crippen LogP contribution in [0.15, 0.2) is 34.9 Å². The van der Waals surface area contributed by atoms with E-state index in [0.29, 0.717) is 35.8 Å². The highest BCUT2D eigenvalue weighted by molar-refractivity contribution is 7.18. The maximum Gasteiger partial charge on any atom is 0.308 e. The summed E-state index contributed by atoms with van der Waals surface area (Å²) in [4.78, 5) is 38.3. The van der Waals surface area contributed by atoms with Gasteiger partial charge in [-0.25, -0.2) is 0 Å². The van der Waals surface area contributed by atoms with Crippen LogP contribution in [0.4, 0.5) is 5.00 Å². The van der Waals surface area contributed by atoms with Gasteiger partial charge in [0.05, 0.1) is 29.2 Å². The predicted octanol–water partition coefficient (Wildman–Crippen LogP) is 2.62. The molecule has 2 aromatic heterocycles. The molecule has 0 spiro atoms. The molecule has 1 aliphatic rings. The van der Waals surface area contributed by atoms with Crippen LogP contribution in [0, 0.1) is 5.92 Å². The zero-order chi connectivity index (χ0) is 17.8. The Kier molecular flexibility index (Phi) is 5.18. The fraction of sp³-hybridized carbons (Fsp3) is 0.353. The smallest absolute Gasteiger partial charge is 0.308 e. The van der Waals surface area contributed by atoms with E-state index in [0.717, 1.165) is 0 Å². The van der Waals surface area contributed by atoms with Crippen molar-refractivity contribution in [1.29, 1.82) is 0 Å². The summed E-state index contributed by atoms with van der Waals surface area (Å²) in [5.74, 6) is -0.589. The molecule has 0 aliphatic carbocycles. The van der Waals surface area contributed by atoms with Crippen molar-refractivity contribution in [1.82, 2.24) is 4.90 Å². The summed E-state index contributed by atoms with van der Waals surface area (Å²) in [5, 5.41) is 3.28. The zero-order valence-corrected chi connectivity index (χ0v) is 14.5. The largest absolute Gasteiger partial charge is 0.469 e. The molecule has 0 radical (unpaired) electrons. The highest BCUT2D eigenvalue weighted by Crippen LogP contribution is 2.26. The Bertz CT molecular complexity index is 760. The van der Waals surface area contributed by atoms with E-state index >= 15 is 0 Å². The number of hydrogen-bond donors (Lipinski definition) is 1. The number of thiophene rings is 1. The van der Waals surface area contributed by atoms with E-state index in [1.54, 1.807) is 29.2 Å². The molecule has 7 nitrogen and oxygen atoms in total. The third kappa shape index (κ3) is 3.90. The van der Waals surface area contributed by atoms with E-state index < -0.39 is 0 Å². The molecule has 1 aliphatic heterocycles. The lowest BCUT2D eigenvalue weighted by Gasteiger charge is -2.30. The van der Waals surface area contributed by atoms with E-state index in [1.165, 1.54) is 24.7 Å². The van der Waals surface area contributed by atoms with Gasteiger partial charge in [0.1, 0.15) is 0 Å². The van der Waals surface area contributed by atoms with Crippen LogP contribution >= 0.6 is 11.3 Å². The Morgan fingerprint density at radius 2 is 2.00 bits per heavy atom. The maximum absolute atomic E-state index is 12.6. The molecule has 0 bridgehead atoms. The normalized spacial score (nSPS) is 15.0. The Morgan fingerprint density at radius 3 is 2.64 bits per heavy atom. The van der Waals surface area contributed by atoms with Crippen LogP contribution in [-0.4, -0.2) is 42.9 Å². The number of anilines is 1. The fourth-order valence-corrected chi connectivity index (χ4v) is 3.61. The van der Waals surface area contributed by atoms with Gasteiger partial charge in [0.15, 0.2) is 5.76 Å². The fourth-order valence-electron chi connectivity index (χ4n) is 2.74. The molecule has 1 fully saturated rings. The van der Waals surface area contributed by atoms with Crippen molar-refractivity contribution >= 4 is 34.1 Å². The topological polar surface area (TPSA) is 88.9 Å². The quantitative estimate of drug-likeness (QED) is 0.845. The van der Waals surface area contributed by atoms with Crippen molar-refractivity contribution < 1.29 is 23.5 Å². The molecule has 3 heterocycles. The first-order chi connectivity index (χ1) is 12.1. The van der Waals surface area contributed by atoms with Gasteiger partial charge in [-0.15, -0.1) is 11.3 Å². The summed E-state index contributed by atoms with van der Waals surface area (Å²) < 4.78 is 9.79. The first-order valence-corrected chi connectivity index (χ1v) is 8.72. The summed E-state index contributed by atoms with van der Waals surface area (Å²) >= 11 is 1.22. The molecular weight excluding hydrogens is 344 g/mol. The number of carbonyl (C=O) groups is 3. The van der Waals surface area contributed by atoms with Gasteiger partial charge in [-0.1, -0.05) is 0 Å². The van der Waals surface area contributed by atoms with Gasteiger partial charge in [0.2, 0.25) is 0 Å². The summed E-state index contributed by atoms with van der Waals surface area (Å²) in [6.07, 6.45) is 2.63. The Morgan fingerprint density at radius 1 is 1.24 bits per heavy atom. The molecular formula is C17H18N2O5S. The molecule has 132 valence electrons. The third-order valence-electron chi connectivity index (χ3n) is 4.12. The van der Waals surface area contributed by atoms with Crippen molar-refractivity contribution in [3.8, 4) is 0 Å². The van der Waals surface area contributed by atoms with E-state index in [9.17, 15) is 14.4 Å². The monoisotopic (exact) mass is 362 g/mol. The summed E-state index contributed by atoms with van der Waals surface area (Å²) in [7, 11) is 1.38. The predicted molar refractivity (Wildman–Crippen MR) is 91.6 cm³/mol. The van der Waals surface area contributed by atoms with E-state index in [1.807, 2.05) is 0 Å². The summed E-state index contributed by atoms with van der Waals surface area (Å²) in [5.41, 5.74) is 0. The number of ether oxygens (including phenoxy) is 1. The molecule has 2 amide bonds. The zero-order valence-electron chi connectivity index (χ0n) is 13.7. The van der Waals surface area contributed by atoms with Gasteiger partial charge in [-0.3, -0.25) is 14.4 Å². The van der Waals surface area contributed by atoms with E-state index in [2.05, 4.69) is 5.32 Å². The lowest BCUT2D eigenvalue weighted by molar-refractivity contribution is -0.146. The van der Waals surface area contributed by atoms with Crippen molar-refractivity contribution in [3.05, 3.63) is 41.2 Å². The van der Waals surface area contributed by atoms with E-state index in [4.69, 9.17) is 9.15 Å². The molecule has 8 heteroatoms. The molecule has 1 N–H and O–H groups in total. The third-order valence-corrected chi connectivity index (χ3v) is 5.10. The Balaban J connectivity index is 1.58. The van der Waals surface area contributed by atoms with Crippen LogP contribution in [0.25, 0.3) is 0 Å². The second-order valence-corrected chi connectivity index (χ2v) is 6.77. The summed E-state index contributed by atoms with van der Waals surface area (Å²) in [6.45, 7) is 1.04. The number of likely N-dealkylation sites (tertiary alicyclic amines) is 1. The molecule has 0 atom stereocenters. The van der Waals surface area contributed by atoms with Gasteiger partial charge in [-0.2, -0.15) is 0 Å². The number of hydrogen-bond acceptors (Lipinski definition) is 6. The Hall–Kier alpha value is -2.61. The minimum absolute atomic E-state index is 0.0909. The van der Waals surface area contributed by atoms with Crippen LogP contribution in [0.3, 0.4) is 0 Å². The number of nitrogens with zero attached hydrogens (tertiary/aromatic N) is 1. The van der Waals surface area contributed by atoms with Crippen molar-refractivity contribution in [3.63, 3.8) is 0 Å². The first-order valence-electron chi connectivity index (χ1n) is 7.90. The second-order valence-electron chi connectivity index (χ2n) is 5.68. The van der Waals surface area contributed by atoms with Crippen LogP contribution in [0.5, 0.6) is 0 Å². The number of piperidine rings is 1. The van der Waals surface area contributed by atoms with Crippen LogP contribution in [0.1, 0.15) is 33.1 Å². The number of rotatable bonds is 4. The van der Waals surface area contributed by atoms with Gasteiger partial charge in [0, 0.05) is 13.1 Å². The van der Waals surface area contributed by atoms with Gasteiger partial charge < -0.3 is 19.4 Å². The second kappa shape index (κ2) is 7.52. The maximum atomic E-state index is 12.6. The summed E-state index contributed by atoms with van der Waals surface area (Å²) in [6, 6.07) is 6.59. The number of amides is 2. The van der Waals surface area contributed by atoms with Crippen molar-refractivity contribution in [2.24, 2.45) is 5.92 Å². The van der Waals surface area contributed by atoms with Gasteiger partial charge in [-0.05, 0) is 37.1 Å². The van der Waals surface area contributed by atoms with Crippen LogP contribution in [-0.2, 0) is 9.53 Å². The number of furan rings is 1.